The predicted octanol–water partition coefficient (Wildman–Crippen LogP) is 4.89. The molecule has 0 aromatic heterocycles. The van der Waals surface area contributed by atoms with Crippen LogP contribution in [0.1, 0.15) is 43.2 Å². The van der Waals surface area contributed by atoms with Crippen molar-refractivity contribution in [1.82, 2.24) is 5.32 Å². The van der Waals surface area contributed by atoms with Crippen LogP contribution in [0.3, 0.4) is 0 Å². The first-order valence-corrected chi connectivity index (χ1v) is 10.2. The zero-order valence-corrected chi connectivity index (χ0v) is 16.6. The lowest BCUT2D eigenvalue weighted by Crippen LogP contribution is -2.48. The van der Waals surface area contributed by atoms with E-state index in [4.69, 9.17) is 13.6 Å². The lowest BCUT2D eigenvalue weighted by Gasteiger charge is -2.39. The van der Waals surface area contributed by atoms with Crippen molar-refractivity contribution in [2.75, 3.05) is 0 Å². The molecule has 1 fully saturated rings. The van der Waals surface area contributed by atoms with Crippen LogP contribution < -0.4 is 11.1 Å². The van der Waals surface area contributed by atoms with Crippen molar-refractivity contribution >= 4 is 7.85 Å². The number of rotatable bonds is 9. The number of nitrogens with two attached hydrogens (primary N) is 1. The summed E-state index contributed by atoms with van der Waals surface area (Å²) in [6.45, 7) is 2.47. The van der Waals surface area contributed by atoms with E-state index in [0.29, 0.717) is 29.6 Å². The van der Waals surface area contributed by atoms with Crippen LogP contribution in [0.15, 0.2) is 36.4 Å². The molecule has 3 N–H and O–H groups in total. The van der Waals surface area contributed by atoms with E-state index < -0.39 is 11.6 Å². The van der Waals surface area contributed by atoms with E-state index in [2.05, 4.69) is 5.32 Å². The highest BCUT2D eigenvalue weighted by molar-refractivity contribution is 6.08. The van der Waals surface area contributed by atoms with Gasteiger partial charge in [0.05, 0.1) is 7.85 Å². The van der Waals surface area contributed by atoms with Gasteiger partial charge in [0, 0.05) is 29.8 Å². The van der Waals surface area contributed by atoms with Crippen LogP contribution in [0.25, 0.3) is 11.1 Å². The molecule has 1 aliphatic rings. The molecule has 5 heteroatoms. The van der Waals surface area contributed by atoms with Crippen LogP contribution in [0, 0.1) is 24.5 Å². The van der Waals surface area contributed by atoms with E-state index in [-0.39, 0.29) is 6.04 Å². The Labute approximate surface area is 168 Å². The fraction of sp³-hybridized carbons (Fsp3) is 0.478. The molecule has 1 unspecified atom stereocenters. The third-order valence-electron chi connectivity index (χ3n) is 5.81. The molecule has 2 aromatic carbocycles. The molecule has 0 spiro atoms. The largest absolute Gasteiger partial charge is 0.327 e. The molecule has 0 amide bonds. The Hall–Kier alpha value is -1.72. The van der Waals surface area contributed by atoms with Crippen LogP contribution in [0.2, 0.25) is 6.32 Å². The Morgan fingerprint density at radius 1 is 1.07 bits per heavy atom. The summed E-state index contributed by atoms with van der Waals surface area (Å²) >= 11 is 0. The Morgan fingerprint density at radius 3 is 2.57 bits per heavy atom. The van der Waals surface area contributed by atoms with Gasteiger partial charge in [0.1, 0.15) is 11.6 Å². The number of nitrogens with one attached hydrogen (secondary N) is 1. The van der Waals surface area contributed by atoms with Gasteiger partial charge >= 0.3 is 0 Å². The van der Waals surface area contributed by atoms with Crippen LogP contribution in [-0.4, -0.2) is 19.9 Å². The first-order valence-electron chi connectivity index (χ1n) is 10.2. The summed E-state index contributed by atoms with van der Waals surface area (Å²) in [5, 5.41) is 3.48. The normalized spacial score (nSPS) is 20.0. The second-order valence-electron chi connectivity index (χ2n) is 8.06. The minimum absolute atomic E-state index is 0.255. The molecule has 3 rings (SSSR count). The summed E-state index contributed by atoms with van der Waals surface area (Å²) in [7, 11) is 5.53. The van der Waals surface area contributed by atoms with Gasteiger partial charge in [0.2, 0.25) is 0 Å². The molecule has 1 saturated carbocycles. The van der Waals surface area contributed by atoms with Crippen LogP contribution in [0.5, 0.6) is 0 Å². The minimum atomic E-state index is -0.404. The lowest BCUT2D eigenvalue weighted by molar-refractivity contribution is 0.181. The number of benzene rings is 2. The number of hydrogen-bond acceptors (Lipinski definition) is 2. The molecule has 0 aliphatic heterocycles. The fourth-order valence-electron chi connectivity index (χ4n) is 3.93. The summed E-state index contributed by atoms with van der Waals surface area (Å²) in [5.74, 6) is -0.227. The summed E-state index contributed by atoms with van der Waals surface area (Å²) in [6.07, 6.45) is 6.04. The summed E-state index contributed by atoms with van der Waals surface area (Å²) in [6, 6.07) is 10.5. The highest BCUT2D eigenvalue weighted by Gasteiger charge is 2.32. The maximum atomic E-state index is 14.6. The minimum Gasteiger partial charge on any atom is -0.327 e. The predicted molar refractivity (Wildman–Crippen MR) is 112 cm³/mol. The summed E-state index contributed by atoms with van der Waals surface area (Å²) < 4.78 is 28.6. The van der Waals surface area contributed by atoms with Crippen molar-refractivity contribution in [1.29, 1.82) is 0 Å². The molecule has 28 heavy (non-hydrogen) atoms. The van der Waals surface area contributed by atoms with Crippen molar-refractivity contribution in [2.45, 2.75) is 64.0 Å². The smallest absolute Gasteiger partial charge is 0.131 e. The molecule has 2 radical (unpaired) electrons. The number of unbranched alkanes of at least 4 members (excludes halogenated alkanes) is 1. The standard InChI is InChI=1S/C23H29BF2N2/c1-15-5-8-21(25)20(10-15)19-7-6-16(11-22(19)26)14-28-18-12-17(13-18)23(27)4-2-3-9-24/h5-8,10-11,17-18,23,28H,2-4,9,12-14,27H2,1H3. The van der Waals surface area contributed by atoms with E-state index >= 15 is 0 Å². The first-order chi connectivity index (χ1) is 13.5. The maximum Gasteiger partial charge on any atom is 0.131 e. The zero-order valence-electron chi connectivity index (χ0n) is 16.6. The van der Waals surface area contributed by atoms with Gasteiger partial charge in [0.25, 0.3) is 0 Å². The molecular weight excluding hydrogens is 353 g/mol. The topological polar surface area (TPSA) is 38.0 Å². The molecule has 0 heterocycles. The van der Waals surface area contributed by atoms with Crippen molar-refractivity contribution < 1.29 is 8.78 Å². The van der Waals surface area contributed by atoms with Crippen molar-refractivity contribution in [2.24, 2.45) is 11.7 Å². The average Bonchev–Trinajstić information content (AvgIpc) is 2.63. The fourth-order valence-corrected chi connectivity index (χ4v) is 3.93. The number of halogens is 2. The monoisotopic (exact) mass is 382 g/mol. The van der Waals surface area contributed by atoms with Gasteiger partial charge in [-0.2, -0.15) is 0 Å². The molecule has 1 aliphatic carbocycles. The molecule has 148 valence electrons. The van der Waals surface area contributed by atoms with E-state index in [0.717, 1.165) is 49.6 Å². The average molecular weight is 382 g/mol. The lowest BCUT2D eigenvalue weighted by atomic mass is 9.74. The van der Waals surface area contributed by atoms with E-state index in [9.17, 15) is 8.78 Å². The van der Waals surface area contributed by atoms with E-state index in [1.165, 1.54) is 12.1 Å². The Morgan fingerprint density at radius 2 is 1.86 bits per heavy atom. The van der Waals surface area contributed by atoms with Crippen molar-refractivity contribution in [3.05, 3.63) is 59.2 Å². The van der Waals surface area contributed by atoms with Gasteiger partial charge in [0.15, 0.2) is 0 Å². The number of hydrogen-bond donors (Lipinski definition) is 2. The second-order valence-corrected chi connectivity index (χ2v) is 8.06. The molecule has 2 nitrogen and oxygen atoms in total. The SMILES string of the molecule is [B]CCCCC(N)C1CC(NCc2ccc(-c3cc(C)ccc3F)c(F)c2)C1. The van der Waals surface area contributed by atoms with Gasteiger partial charge in [-0.3, -0.25) is 0 Å². The van der Waals surface area contributed by atoms with E-state index in [1.54, 1.807) is 18.2 Å². The quantitative estimate of drug-likeness (QED) is 0.479. The molecule has 2 aromatic rings. The Kier molecular flexibility index (Phi) is 7.25. The van der Waals surface area contributed by atoms with Crippen LogP contribution in [-0.2, 0) is 6.54 Å². The van der Waals surface area contributed by atoms with E-state index in [1.807, 2.05) is 13.0 Å². The van der Waals surface area contributed by atoms with Gasteiger partial charge in [-0.15, -0.1) is 0 Å². The van der Waals surface area contributed by atoms with Gasteiger partial charge in [-0.1, -0.05) is 42.9 Å². The molecule has 0 bridgehead atoms. The van der Waals surface area contributed by atoms with Crippen molar-refractivity contribution in [3.8, 4) is 11.1 Å². The third kappa shape index (κ3) is 5.21. The van der Waals surface area contributed by atoms with Crippen LogP contribution >= 0.6 is 0 Å². The molecular formula is C23H29BF2N2. The molecule has 0 saturated heterocycles. The maximum absolute atomic E-state index is 14.6. The summed E-state index contributed by atoms with van der Waals surface area (Å²) in [4.78, 5) is 0. The number of aryl methyl sites for hydroxylation is 1. The third-order valence-corrected chi connectivity index (χ3v) is 5.81. The van der Waals surface area contributed by atoms with Gasteiger partial charge in [-0.05, 0) is 55.9 Å². The van der Waals surface area contributed by atoms with Gasteiger partial charge < -0.3 is 11.1 Å². The Bertz CT molecular complexity index is 790. The highest BCUT2D eigenvalue weighted by atomic mass is 19.1. The summed E-state index contributed by atoms with van der Waals surface area (Å²) in [5.41, 5.74) is 8.64. The van der Waals surface area contributed by atoms with Crippen molar-refractivity contribution in [3.63, 3.8) is 0 Å². The molecule has 1 atom stereocenters. The Balaban J connectivity index is 1.50. The second kappa shape index (κ2) is 9.66. The first kappa shape index (κ1) is 21.0. The van der Waals surface area contributed by atoms with Crippen LogP contribution in [0.4, 0.5) is 8.78 Å². The van der Waals surface area contributed by atoms with Gasteiger partial charge in [-0.25, -0.2) is 8.78 Å². The zero-order chi connectivity index (χ0) is 20.1. The highest BCUT2D eigenvalue weighted by Crippen LogP contribution is 2.32.